The van der Waals surface area contributed by atoms with Crippen molar-refractivity contribution in [1.82, 2.24) is 5.32 Å². The zero-order valence-electron chi connectivity index (χ0n) is 15.3. The average Bonchev–Trinajstić information content (AvgIpc) is 3.33. The van der Waals surface area contributed by atoms with Crippen LogP contribution in [0.25, 0.3) is 0 Å². The van der Waals surface area contributed by atoms with Crippen molar-refractivity contribution in [3.8, 4) is 0 Å². The summed E-state index contributed by atoms with van der Waals surface area (Å²) in [5.41, 5.74) is 12.1. The summed E-state index contributed by atoms with van der Waals surface area (Å²) in [6.45, 7) is 0.432. The molecule has 0 radical (unpaired) electrons. The van der Waals surface area contributed by atoms with E-state index in [2.05, 4.69) is 5.32 Å². The van der Waals surface area contributed by atoms with Crippen molar-refractivity contribution in [3.05, 3.63) is 46.2 Å². The molecular weight excluding hydrogens is 362 g/mol. The number of carboxylic acids is 1. The SMILES string of the molecule is Nc1ccccc1N.O=C(CCC1CCCC1)NCc1ccc(C(=O)O)s1. The fourth-order valence-electron chi connectivity index (χ4n) is 3.01. The predicted octanol–water partition coefficient (Wildman–Crippen LogP) is 3.88. The van der Waals surface area contributed by atoms with Gasteiger partial charge in [0.1, 0.15) is 4.88 Å². The molecule has 7 heteroatoms. The van der Waals surface area contributed by atoms with E-state index in [-0.39, 0.29) is 5.91 Å². The minimum atomic E-state index is -0.913. The molecule has 6 nitrogen and oxygen atoms in total. The molecule has 0 atom stereocenters. The summed E-state index contributed by atoms with van der Waals surface area (Å²) in [6, 6.07) is 10.6. The molecule has 1 aromatic carbocycles. The van der Waals surface area contributed by atoms with Gasteiger partial charge in [-0.25, -0.2) is 4.79 Å². The van der Waals surface area contributed by atoms with Gasteiger partial charge >= 0.3 is 5.97 Å². The van der Waals surface area contributed by atoms with Crippen molar-refractivity contribution in [2.45, 2.75) is 45.1 Å². The van der Waals surface area contributed by atoms with Gasteiger partial charge in [0.05, 0.1) is 17.9 Å². The van der Waals surface area contributed by atoms with E-state index in [0.717, 1.165) is 17.2 Å². The van der Waals surface area contributed by atoms with E-state index < -0.39 is 5.97 Å². The molecule has 1 aliphatic rings. The molecule has 146 valence electrons. The molecule has 1 aliphatic carbocycles. The number of anilines is 2. The van der Waals surface area contributed by atoms with Gasteiger partial charge in [0.25, 0.3) is 0 Å². The number of amides is 1. The van der Waals surface area contributed by atoms with Gasteiger partial charge in [-0.3, -0.25) is 4.79 Å². The standard InChI is InChI=1S/C14H19NO3S.C6H8N2/c16-13(8-5-10-3-1-2-4-10)15-9-11-6-7-12(19-11)14(17)18;7-5-3-1-2-4-6(5)8/h6-7,10H,1-5,8-9H2,(H,15,16)(H,17,18);1-4H,7-8H2. The maximum absolute atomic E-state index is 11.7. The number of hydrogen-bond acceptors (Lipinski definition) is 5. The number of carboxylic acid groups (broad SMARTS) is 1. The van der Waals surface area contributed by atoms with Gasteiger partial charge in [-0.05, 0) is 36.6 Å². The third-order valence-corrected chi connectivity index (χ3v) is 5.66. The molecule has 1 amide bonds. The lowest BCUT2D eigenvalue weighted by molar-refractivity contribution is -0.121. The highest BCUT2D eigenvalue weighted by Gasteiger charge is 2.16. The van der Waals surface area contributed by atoms with E-state index in [1.54, 1.807) is 24.3 Å². The quantitative estimate of drug-likeness (QED) is 0.559. The van der Waals surface area contributed by atoms with Crippen molar-refractivity contribution in [1.29, 1.82) is 0 Å². The lowest BCUT2D eigenvalue weighted by Gasteiger charge is -2.08. The van der Waals surface area contributed by atoms with Crippen LogP contribution in [-0.4, -0.2) is 17.0 Å². The molecule has 0 spiro atoms. The highest BCUT2D eigenvalue weighted by atomic mass is 32.1. The summed E-state index contributed by atoms with van der Waals surface area (Å²) < 4.78 is 0. The average molecular weight is 390 g/mol. The van der Waals surface area contributed by atoms with Crippen LogP contribution in [0.4, 0.5) is 11.4 Å². The van der Waals surface area contributed by atoms with Crippen LogP contribution in [0.15, 0.2) is 36.4 Å². The van der Waals surface area contributed by atoms with Gasteiger partial charge in [-0.1, -0.05) is 37.8 Å². The van der Waals surface area contributed by atoms with E-state index in [0.29, 0.717) is 29.2 Å². The largest absolute Gasteiger partial charge is 0.477 e. The van der Waals surface area contributed by atoms with Crippen LogP contribution in [0.1, 0.15) is 53.1 Å². The molecular formula is C20H27N3O3S. The molecule has 1 saturated carbocycles. The third-order valence-electron chi connectivity index (χ3n) is 4.58. The number of thiophene rings is 1. The summed E-state index contributed by atoms with van der Waals surface area (Å²) in [6.07, 6.45) is 6.71. The Bertz CT molecular complexity index is 733. The topological polar surface area (TPSA) is 118 Å². The van der Waals surface area contributed by atoms with Gasteiger partial charge in [0.15, 0.2) is 0 Å². The number of para-hydroxylation sites is 2. The molecule has 0 bridgehead atoms. The number of carbonyl (C=O) groups excluding carboxylic acids is 1. The minimum absolute atomic E-state index is 0.0668. The Morgan fingerprint density at radius 2 is 1.70 bits per heavy atom. The zero-order valence-corrected chi connectivity index (χ0v) is 16.1. The summed E-state index contributed by atoms with van der Waals surface area (Å²) >= 11 is 1.21. The number of rotatable bonds is 6. The minimum Gasteiger partial charge on any atom is -0.477 e. The number of nitrogens with one attached hydrogen (secondary N) is 1. The van der Waals surface area contributed by atoms with Crippen LogP contribution in [0.3, 0.4) is 0 Å². The highest BCUT2D eigenvalue weighted by molar-refractivity contribution is 7.13. The summed E-state index contributed by atoms with van der Waals surface area (Å²) in [5, 5.41) is 11.7. The first kappa shape index (κ1) is 20.8. The Morgan fingerprint density at radius 1 is 1.07 bits per heavy atom. The molecule has 1 aromatic heterocycles. The second-order valence-corrected chi connectivity index (χ2v) is 7.83. The Hall–Kier alpha value is -2.54. The second-order valence-electron chi connectivity index (χ2n) is 6.67. The highest BCUT2D eigenvalue weighted by Crippen LogP contribution is 2.28. The van der Waals surface area contributed by atoms with E-state index in [1.165, 1.54) is 37.0 Å². The molecule has 6 N–H and O–H groups in total. The van der Waals surface area contributed by atoms with Gasteiger partial charge in [0.2, 0.25) is 5.91 Å². The van der Waals surface area contributed by atoms with Crippen LogP contribution in [-0.2, 0) is 11.3 Å². The van der Waals surface area contributed by atoms with Crippen LogP contribution in [0.2, 0.25) is 0 Å². The van der Waals surface area contributed by atoms with E-state index in [9.17, 15) is 9.59 Å². The predicted molar refractivity (Wildman–Crippen MR) is 110 cm³/mol. The molecule has 3 rings (SSSR count). The van der Waals surface area contributed by atoms with Crippen molar-refractivity contribution < 1.29 is 14.7 Å². The van der Waals surface area contributed by atoms with E-state index >= 15 is 0 Å². The first-order valence-corrected chi connectivity index (χ1v) is 9.96. The van der Waals surface area contributed by atoms with Crippen molar-refractivity contribution in [3.63, 3.8) is 0 Å². The zero-order chi connectivity index (χ0) is 19.6. The summed E-state index contributed by atoms with van der Waals surface area (Å²) in [5.74, 6) is -0.118. The molecule has 1 heterocycles. The smallest absolute Gasteiger partial charge is 0.345 e. The Morgan fingerprint density at radius 3 is 2.22 bits per heavy atom. The van der Waals surface area contributed by atoms with Crippen LogP contribution >= 0.6 is 11.3 Å². The van der Waals surface area contributed by atoms with Crippen molar-refractivity contribution >= 4 is 34.6 Å². The van der Waals surface area contributed by atoms with E-state index in [4.69, 9.17) is 16.6 Å². The molecule has 2 aromatic rings. The van der Waals surface area contributed by atoms with Gasteiger partial charge in [-0.15, -0.1) is 11.3 Å². The van der Waals surface area contributed by atoms with Crippen LogP contribution < -0.4 is 16.8 Å². The number of nitrogens with two attached hydrogens (primary N) is 2. The lowest BCUT2D eigenvalue weighted by Crippen LogP contribution is -2.22. The summed E-state index contributed by atoms with van der Waals surface area (Å²) in [7, 11) is 0. The number of nitrogen functional groups attached to an aromatic ring is 2. The first-order valence-electron chi connectivity index (χ1n) is 9.14. The number of hydrogen-bond donors (Lipinski definition) is 4. The second kappa shape index (κ2) is 10.6. The van der Waals surface area contributed by atoms with E-state index in [1.807, 2.05) is 12.1 Å². The maximum atomic E-state index is 11.7. The van der Waals surface area contributed by atoms with Crippen LogP contribution in [0.5, 0.6) is 0 Å². The lowest BCUT2D eigenvalue weighted by atomic mass is 10.0. The molecule has 0 aliphatic heterocycles. The third kappa shape index (κ3) is 7.30. The Kier molecular flexibility index (Phi) is 8.13. The number of carbonyl (C=O) groups is 2. The molecule has 1 fully saturated rings. The first-order chi connectivity index (χ1) is 13.0. The Labute approximate surface area is 163 Å². The fourth-order valence-corrected chi connectivity index (χ4v) is 3.79. The van der Waals surface area contributed by atoms with Crippen LogP contribution in [0, 0.1) is 5.92 Å². The number of aromatic carboxylic acids is 1. The number of benzene rings is 1. The Balaban J connectivity index is 0.000000273. The van der Waals surface area contributed by atoms with Gasteiger partial charge < -0.3 is 21.9 Å². The monoisotopic (exact) mass is 389 g/mol. The van der Waals surface area contributed by atoms with Crippen molar-refractivity contribution in [2.75, 3.05) is 11.5 Å². The normalized spacial score (nSPS) is 13.6. The van der Waals surface area contributed by atoms with Gasteiger partial charge in [-0.2, -0.15) is 0 Å². The fraction of sp³-hybridized carbons (Fsp3) is 0.400. The van der Waals surface area contributed by atoms with Gasteiger partial charge in [0, 0.05) is 11.3 Å². The summed E-state index contributed by atoms with van der Waals surface area (Å²) in [4.78, 5) is 23.6. The molecule has 0 saturated heterocycles. The molecule has 0 unspecified atom stereocenters. The van der Waals surface area contributed by atoms with Crippen molar-refractivity contribution in [2.24, 2.45) is 5.92 Å². The maximum Gasteiger partial charge on any atom is 0.345 e. The molecule has 27 heavy (non-hydrogen) atoms.